The number of benzene rings is 3. The summed E-state index contributed by atoms with van der Waals surface area (Å²) in [6, 6.07) is 18.0. The van der Waals surface area contributed by atoms with Gasteiger partial charge in [-0.15, -0.1) is 11.8 Å². The number of aliphatic carboxylic acids is 1. The molecule has 0 bridgehead atoms. The third-order valence-corrected chi connectivity index (χ3v) is 6.00. The molecule has 0 aliphatic carbocycles. The minimum absolute atomic E-state index is 0.490. The van der Waals surface area contributed by atoms with Gasteiger partial charge in [0.25, 0.3) is 0 Å². The van der Waals surface area contributed by atoms with Gasteiger partial charge in [-0.3, -0.25) is 0 Å². The van der Waals surface area contributed by atoms with Crippen molar-refractivity contribution in [3.8, 4) is 11.4 Å². The molecule has 0 amide bonds. The molecule has 0 aliphatic rings. The Hall–Kier alpha value is -3.46. The molecule has 1 aromatic heterocycles. The maximum absolute atomic E-state index is 12.8. The number of fused-ring (bicyclic) bond motifs is 1. The van der Waals surface area contributed by atoms with Gasteiger partial charge in [0, 0.05) is 22.2 Å². The van der Waals surface area contributed by atoms with E-state index in [-0.39, 0.29) is 0 Å². The summed E-state index contributed by atoms with van der Waals surface area (Å²) in [7, 11) is 0. The second-order valence-electron chi connectivity index (χ2n) is 7.37. The predicted molar refractivity (Wildman–Crippen MR) is 120 cm³/mol. The fourth-order valence-corrected chi connectivity index (χ4v) is 3.96. The molecule has 9 heteroatoms. The summed E-state index contributed by atoms with van der Waals surface area (Å²) >= 11 is 1.61. The highest BCUT2D eigenvalue weighted by Gasteiger charge is 2.30. The first-order valence-electron chi connectivity index (χ1n) is 9.97. The fraction of sp³-hybridized carbons (Fsp3) is 0.167. The van der Waals surface area contributed by atoms with Crippen molar-refractivity contribution in [2.24, 2.45) is 0 Å². The average molecular weight is 472 g/mol. The van der Waals surface area contributed by atoms with Crippen molar-refractivity contribution in [1.82, 2.24) is 9.78 Å². The molecule has 33 heavy (non-hydrogen) atoms. The van der Waals surface area contributed by atoms with Crippen LogP contribution in [0, 0.1) is 0 Å². The van der Waals surface area contributed by atoms with E-state index >= 15 is 0 Å². The number of alkyl halides is 3. The Morgan fingerprint density at radius 1 is 1.09 bits per heavy atom. The number of thioether (sulfide) groups is 1. The summed E-state index contributed by atoms with van der Waals surface area (Å²) in [6.07, 6.45) is -3.51. The summed E-state index contributed by atoms with van der Waals surface area (Å²) in [6.45, 7) is 1.47. The molecule has 1 unspecified atom stereocenters. The number of halogens is 3. The molecular formula is C24H19F3N2O3S. The first-order valence-corrected chi connectivity index (χ1v) is 11.0. The van der Waals surface area contributed by atoms with Crippen LogP contribution >= 0.6 is 11.8 Å². The van der Waals surface area contributed by atoms with Crippen molar-refractivity contribution < 1.29 is 27.8 Å². The van der Waals surface area contributed by atoms with Crippen molar-refractivity contribution in [3.05, 3.63) is 84.1 Å². The molecule has 0 saturated heterocycles. The van der Waals surface area contributed by atoms with Crippen LogP contribution in [0.15, 0.2) is 77.8 Å². The van der Waals surface area contributed by atoms with Crippen LogP contribution in [-0.4, -0.2) is 27.0 Å². The van der Waals surface area contributed by atoms with Crippen LogP contribution in [0.4, 0.5) is 13.2 Å². The molecule has 0 fully saturated rings. The minimum atomic E-state index is -4.37. The van der Waals surface area contributed by atoms with E-state index in [1.165, 1.54) is 19.1 Å². The van der Waals surface area contributed by atoms with E-state index in [0.717, 1.165) is 33.5 Å². The van der Waals surface area contributed by atoms with Gasteiger partial charge in [0.05, 0.1) is 16.8 Å². The zero-order valence-electron chi connectivity index (χ0n) is 17.4. The number of rotatable bonds is 7. The lowest BCUT2D eigenvalue weighted by atomic mass is 10.2. The molecule has 1 heterocycles. The molecule has 0 radical (unpaired) electrons. The first kappa shape index (κ1) is 22.7. The quantitative estimate of drug-likeness (QED) is 0.325. The Balaban J connectivity index is 1.43. The molecule has 4 rings (SSSR count). The van der Waals surface area contributed by atoms with Gasteiger partial charge in [0.2, 0.25) is 0 Å². The van der Waals surface area contributed by atoms with Gasteiger partial charge < -0.3 is 9.84 Å². The van der Waals surface area contributed by atoms with Gasteiger partial charge in [0.15, 0.2) is 6.10 Å². The minimum Gasteiger partial charge on any atom is -0.479 e. The largest absolute Gasteiger partial charge is 0.479 e. The van der Waals surface area contributed by atoms with E-state index in [4.69, 9.17) is 9.84 Å². The topological polar surface area (TPSA) is 64.4 Å². The van der Waals surface area contributed by atoms with Crippen molar-refractivity contribution >= 4 is 28.6 Å². The lowest BCUT2D eigenvalue weighted by molar-refractivity contribution is -0.144. The summed E-state index contributed by atoms with van der Waals surface area (Å²) in [5.41, 5.74) is 1.65. The molecule has 5 nitrogen and oxygen atoms in total. The molecule has 0 spiro atoms. The smallest absolute Gasteiger partial charge is 0.416 e. The molecule has 1 atom stereocenters. The number of carboxylic acid groups (broad SMARTS) is 1. The second kappa shape index (κ2) is 9.19. The summed E-state index contributed by atoms with van der Waals surface area (Å²) in [4.78, 5) is 11.9. The maximum Gasteiger partial charge on any atom is 0.416 e. The highest BCUT2D eigenvalue weighted by molar-refractivity contribution is 7.98. The van der Waals surface area contributed by atoms with Crippen molar-refractivity contribution in [1.29, 1.82) is 0 Å². The van der Waals surface area contributed by atoms with Crippen LogP contribution in [0.2, 0.25) is 0 Å². The van der Waals surface area contributed by atoms with E-state index in [2.05, 4.69) is 5.10 Å². The molecule has 170 valence electrons. The SMILES string of the molecule is CC(Oc1ccc(SCc2ccc3cn(-c4ccc(C(F)(F)F)cc4)nc3c2)cc1)C(=O)O. The Morgan fingerprint density at radius 2 is 1.79 bits per heavy atom. The van der Waals surface area contributed by atoms with Crippen LogP contribution in [0.25, 0.3) is 16.6 Å². The Labute approximate surface area is 191 Å². The molecule has 0 aliphatic heterocycles. The highest BCUT2D eigenvalue weighted by atomic mass is 32.2. The Morgan fingerprint density at radius 3 is 2.42 bits per heavy atom. The van der Waals surface area contributed by atoms with Crippen LogP contribution in [0.5, 0.6) is 5.75 Å². The third-order valence-electron chi connectivity index (χ3n) is 4.92. The number of carboxylic acids is 1. The van der Waals surface area contributed by atoms with Crippen LogP contribution in [0.1, 0.15) is 18.1 Å². The average Bonchev–Trinajstić information content (AvgIpc) is 3.21. The number of carbonyl (C=O) groups is 1. The van der Waals surface area contributed by atoms with Gasteiger partial charge in [-0.2, -0.15) is 18.3 Å². The Kier molecular flexibility index (Phi) is 6.33. The van der Waals surface area contributed by atoms with Crippen molar-refractivity contribution in [2.45, 2.75) is 29.9 Å². The standard InChI is InChI=1S/C24H19F3N2O3S/c1-15(23(30)31)32-20-8-10-21(11-9-20)33-14-16-2-3-17-13-29(28-22(17)12-16)19-6-4-18(5-7-19)24(25,26)27/h2-13,15H,14H2,1H3,(H,30,31). The van der Waals surface area contributed by atoms with E-state index < -0.39 is 23.8 Å². The molecule has 4 aromatic rings. The number of hydrogen-bond acceptors (Lipinski definition) is 4. The maximum atomic E-state index is 12.8. The Bertz CT molecular complexity index is 1270. The van der Waals surface area contributed by atoms with E-state index in [1.807, 2.05) is 30.3 Å². The number of nitrogens with zero attached hydrogens (tertiary/aromatic N) is 2. The predicted octanol–water partition coefficient (Wildman–Crippen LogP) is 6.19. The number of ether oxygens (including phenoxy) is 1. The summed E-state index contributed by atoms with van der Waals surface area (Å²) in [5, 5.41) is 14.3. The van der Waals surface area contributed by atoms with Crippen LogP contribution in [-0.2, 0) is 16.7 Å². The van der Waals surface area contributed by atoms with Gasteiger partial charge in [-0.1, -0.05) is 12.1 Å². The number of hydrogen-bond donors (Lipinski definition) is 1. The first-order chi connectivity index (χ1) is 15.7. The van der Waals surface area contributed by atoms with Gasteiger partial charge in [0.1, 0.15) is 5.75 Å². The second-order valence-corrected chi connectivity index (χ2v) is 8.42. The zero-order valence-corrected chi connectivity index (χ0v) is 18.2. The van der Waals surface area contributed by atoms with E-state index in [0.29, 0.717) is 17.2 Å². The fourth-order valence-electron chi connectivity index (χ4n) is 3.12. The van der Waals surface area contributed by atoms with Gasteiger partial charge in [-0.25, -0.2) is 9.48 Å². The van der Waals surface area contributed by atoms with E-state index in [9.17, 15) is 18.0 Å². The molecular weight excluding hydrogens is 453 g/mol. The van der Waals surface area contributed by atoms with Crippen LogP contribution < -0.4 is 4.74 Å². The molecule has 0 saturated carbocycles. The lowest BCUT2D eigenvalue weighted by Gasteiger charge is -2.10. The van der Waals surface area contributed by atoms with Gasteiger partial charge in [-0.05, 0) is 67.1 Å². The van der Waals surface area contributed by atoms with Crippen molar-refractivity contribution in [2.75, 3.05) is 0 Å². The lowest BCUT2D eigenvalue weighted by Crippen LogP contribution is -2.22. The van der Waals surface area contributed by atoms with Crippen LogP contribution in [0.3, 0.4) is 0 Å². The monoisotopic (exact) mass is 472 g/mol. The zero-order chi connectivity index (χ0) is 23.6. The number of aromatic nitrogens is 2. The highest BCUT2D eigenvalue weighted by Crippen LogP contribution is 2.30. The van der Waals surface area contributed by atoms with Crippen molar-refractivity contribution in [3.63, 3.8) is 0 Å². The molecule has 1 N–H and O–H groups in total. The molecule has 3 aromatic carbocycles. The normalized spacial score (nSPS) is 12.6. The third kappa shape index (κ3) is 5.48. The van der Waals surface area contributed by atoms with E-state index in [1.54, 1.807) is 34.8 Å². The summed E-state index contributed by atoms with van der Waals surface area (Å²) in [5.74, 6) is 0.156. The van der Waals surface area contributed by atoms with Gasteiger partial charge >= 0.3 is 12.1 Å². The summed E-state index contributed by atoms with van der Waals surface area (Å²) < 4.78 is 45.2.